The molecule has 0 radical (unpaired) electrons. The molecule has 0 saturated heterocycles. The number of nitro benzene ring substituents is 1. The third kappa shape index (κ3) is 2.66. The average molecular weight is 316 g/mol. The molecule has 0 aliphatic heterocycles. The van der Waals surface area contributed by atoms with Crippen LogP contribution in [0.5, 0.6) is 0 Å². The number of nitrogens with two attached hydrogens (primary N) is 1. The van der Waals surface area contributed by atoms with Crippen molar-refractivity contribution in [3.05, 3.63) is 34.5 Å². The summed E-state index contributed by atoms with van der Waals surface area (Å²) in [6, 6.07) is 3.74. The fourth-order valence-corrected chi connectivity index (χ4v) is 3.32. The molecular formula is C8H8N6O4S2. The zero-order valence-corrected chi connectivity index (χ0v) is 11.3. The quantitative estimate of drug-likeness (QED) is 0.410. The second-order valence-corrected chi connectivity index (χ2v) is 5.88. The second-order valence-electron chi connectivity index (χ2n) is 3.44. The van der Waals surface area contributed by atoms with E-state index in [4.69, 9.17) is 5.84 Å². The molecule has 10 nitrogen and oxygen atoms in total. The predicted octanol–water partition coefficient (Wildman–Crippen LogP) is 0.533. The van der Waals surface area contributed by atoms with Gasteiger partial charge in [-0.3, -0.25) is 20.7 Å². The molecular weight excluding hydrogens is 308 g/mol. The van der Waals surface area contributed by atoms with Crippen LogP contribution in [0.25, 0.3) is 0 Å². The highest BCUT2D eigenvalue weighted by Gasteiger charge is 2.29. The highest BCUT2D eigenvalue weighted by Crippen LogP contribution is 2.32. The Labute approximate surface area is 117 Å². The molecule has 12 heteroatoms. The molecule has 1 heterocycles. The van der Waals surface area contributed by atoms with Gasteiger partial charge in [-0.25, -0.2) is 8.42 Å². The molecule has 20 heavy (non-hydrogen) atoms. The minimum Gasteiger partial charge on any atom is -0.318 e. The number of hydrogen-bond donors (Lipinski definition) is 3. The molecule has 0 fully saturated rings. The van der Waals surface area contributed by atoms with Gasteiger partial charge in [0.25, 0.3) is 10.0 Å². The van der Waals surface area contributed by atoms with Crippen molar-refractivity contribution >= 4 is 37.9 Å². The first-order valence-electron chi connectivity index (χ1n) is 5.00. The molecule has 2 rings (SSSR count). The summed E-state index contributed by atoms with van der Waals surface area (Å²) in [6.45, 7) is 0. The Morgan fingerprint density at radius 1 is 1.40 bits per heavy atom. The Morgan fingerprint density at radius 2 is 2.15 bits per heavy atom. The average Bonchev–Trinajstić information content (AvgIpc) is 2.89. The van der Waals surface area contributed by atoms with Gasteiger partial charge in [-0.2, -0.15) is 0 Å². The van der Waals surface area contributed by atoms with Crippen LogP contribution in [0.4, 0.5) is 16.4 Å². The lowest BCUT2D eigenvalue weighted by atomic mass is 10.3. The number of nitrogens with zero attached hydrogens (tertiary/aromatic N) is 3. The number of benzene rings is 1. The van der Waals surface area contributed by atoms with Crippen LogP contribution in [0.3, 0.4) is 0 Å². The van der Waals surface area contributed by atoms with Crippen LogP contribution in [0.1, 0.15) is 0 Å². The van der Waals surface area contributed by atoms with Crippen LogP contribution in [0, 0.1) is 10.1 Å². The first-order chi connectivity index (χ1) is 9.45. The van der Waals surface area contributed by atoms with Crippen LogP contribution in [0.2, 0.25) is 0 Å². The smallest absolute Gasteiger partial charge is 0.314 e. The van der Waals surface area contributed by atoms with E-state index in [9.17, 15) is 18.5 Å². The molecule has 1 aromatic heterocycles. The molecule has 0 saturated carbocycles. The van der Waals surface area contributed by atoms with Crippen molar-refractivity contribution in [1.29, 1.82) is 0 Å². The topological polar surface area (TPSA) is 153 Å². The number of hydrazine groups is 1. The number of hydrogen-bond acceptors (Lipinski definition) is 9. The summed E-state index contributed by atoms with van der Waals surface area (Å²) in [5, 5.41) is 14.7. The molecule has 2 aromatic rings. The van der Waals surface area contributed by atoms with Crippen molar-refractivity contribution in [2.45, 2.75) is 4.90 Å². The summed E-state index contributed by atoms with van der Waals surface area (Å²) < 4.78 is 30.0. The minimum absolute atomic E-state index is 0.111. The van der Waals surface area contributed by atoms with E-state index in [0.29, 0.717) is 0 Å². The van der Waals surface area contributed by atoms with Crippen molar-refractivity contribution in [1.82, 2.24) is 9.59 Å². The summed E-state index contributed by atoms with van der Waals surface area (Å²) in [6.07, 6.45) is 1.19. The number of nitrogens with one attached hydrogen (secondary N) is 2. The maximum absolute atomic E-state index is 12.2. The summed E-state index contributed by atoms with van der Waals surface area (Å²) in [5.74, 6) is 5.15. The fourth-order valence-electron chi connectivity index (χ4n) is 1.44. The Balaban J connectivity index is 2.54. The molecule has 4 N–H and O–H groups in total. The largest absolute Gasteiger partial charge is 0.318 e. The molecule has 0 spiro atoms. The Hall–Kier alpha value is -2.31. The molecule has 0 unspecified atom stereocenters. The van der Waals surface area contributed by atoms with Gasteiger partial charge in [-0.1, -0.05) is 10.6 Å². The van der Waals surface area contributed by atoms with Crippen molar-refractivity contribution in [2.24, 2.45) is 5.84 Å². The monoisotopic (exact) mass is 316 g/mol. The Bertz CT molecular complexity index is 729. The maximum Gasteiger partial charge on any atom is 0.314 e. The number of sulfonamides is 1. The number of rotatable bonds is 5. The van der Waals surface area contributed by atoms with Crippen molar-refractivity contribution in [2.75, 3.05) is 10.1 Å². The first kappa shape index (κ1) is 14.1. The number of nitrogen functional groups attached to an aromatic ring is 1. The maximum atomic E-state index is 12.2. The lowest BCUT2D eigenvalue weighted by Crippen LogP contribution is -2.16. The van der Waals surface area contributed by atoms with E-state index in [1.54, 1.807) is 0 Å². The lowest BCUT2D eigenvalue weighted by Gasteiger charge is -2.08. The standard InChI is InChI=1S/C8H8N6O4S2/c9-11-5-2-1-3-6(8(5)14(15)16)20(17,18)12-7-4-10-13-19-7/h1-4,11-12H,9H2. The van der Waals surface area contributed by atoms with Gasteiger partial charge in [0.05, 0.1) is 11.1 Å². The summed E-state index contributed by atoms with van der Waals surface area (Å²) in [4.78, 5) is 9.71. The molecule has 0 aliphatic rings. The van der Waals surface area contributed by atoms with Crippen LogP contribution in [-0.4, -0.2) is 22.9 Å². The molecule has 106 valence electrons. The minimum atomic E-state index is -4.15. The third-order valence-electron chi connectivity index (χ3n) is 2.22. The SMILES string of the molecule is NNc1cccc(S(=O)(=O)Nc2cnns2)c1[N+](=O)[O-]. The normalized spacial score (nSPS) is 11.1. The second kappa shape index (κ2) is 5.36. The fraction of sp³-hybridized carbons (Fsp3) is 0. The zero-order valence-electron chi connectivity index (χ0n) is 9.68. The van der Waals surface area contributed by atoms with Gasteiger partial charge in [0, 0.05) is 11.5 Å². The van der Waals surface area contributed by atoms with Crippen molar-refractivity contribution in [3.8, 4) is 0 Å². The number of aromatic nitrogens is 2. The Kier molecular flexibility index (Phi) is 3.78. The van der Waals surface area contributed by atoms with Gasteiger partial charge in [-0.05, 0) is 12.1 Å². The van der Waals surface area contributed by atoms with E-state index in [1.807, 2.05) is 0 Å². The number of nitro groups is 1. The number of para-hydroxylation sites is 1. The number of anilines is 2. The highest BCUT2D eigenvalue weighted by molar-refractivity contribution is 7.93. The van der Waals surface area contributed by atoms with Crippen LogP contribution in [0.15, 0.2) is 29.3 Å². The van der Waals surface area contributed by atoms with Gasteiger partial charge in [-0.15, -0.1) is 5.10 Å². The van der Waals surface area contributed by atoms with Gasteiger partial charge >= 0.3 is 5.69 Å². The first-order valence-corrected chi connectivity index (χ1v) is 7.25. The lowest BCUT2D eigenvalue weighted by molar-refractivity contribution is -0.386. The predicted molar refractivity (Wildman–Crippen MR) is 71.6 cm³/mol. The summed E-state index contributed by atoms with van der Waals surface area (Å²) >= 11 is 0.807. The molecule has 1 aromatic carbocycles. The van der Waals surface area contributed by atoms with E-state index < -0.39 is 25.5 Å². The zero-order chi connectivity index (χ0) is 14.8. The molecule has 0 bridgehead atoms. The van der Waals surface area contributed by atoms with E-state index in [1.165, 1.54) is 18.3 Å². The highest BCUT2D eigenvalue weighted by atomic mass is 32.2. The van der Waals surface area contributed by atoms with Crippen molar-refractivity contribution < 1.29 is 13.3 Å². The van der Waals surface area contributed by atoms with Crippen LogP contribution in [-0.2, 0) is 10.0 Å². The van der Waals surface area contributed by atoms with Crippen LogP contribution < -0.4 is 16.0 Å². The van der Waals surface area contributed by atoms with Gasteiger partial charge in [0.2, 0.25) is 0 Å². The summed E-state index contributed by atoms with van der Waals surface area (Å²) in [5.41, 5.74) is 1.34. The van der Waals surface area contributed by atoms with E-state index >= 15 is 0 Å². The van der Waals surface area contributed by atoms with Gasteiger partial charge in [0.15, 0.2) is 4.90 Å². The van der Waals surface area contributed by atoms with Gasteiger partial charge in [0.1, 0.15) is 10.7 Å². The third-order valence-corrected chi connectivity index (χ3v) is 4.33. The molecule has 0 aliphatic carbocycles. The van der Waals surface area contributed by atoms with Gasteiger partial charge < -0.3 is 5.43 Å². The van der Waals surface area contributed by atoms with Crippen molar-refractivity contribution in [3.63, 3.8) is 0 Å². The van der Waals surface area contributed by atoms with Crippen LogP contribution >= 0.6 is 11.5 Å². The molecule has 0 amide bonds. The molecule has 0 atom stereocenters. The van der Waals surface area contributed by atoms with E-state index in [0.717, 1.165) is 17.6 Å². The van der Waals surface area contributed by atoms with E-state index in [-0.39, 0.29) is 10.7 Å². The summed E-state index contributed by atoms with van der Waals surface area (Å²) in [7, 11) is -4.15. The van der Waals surface area contributed by atoms with E-state index in [2.05, 4.69) is 19.7 Å². The Morgan fingerprint density at radius 3 is 2.70 bits per heavy atom.